The molecule has 1 atom stereocenters. The first kappa shape index (κ1) is 18.0. The first-order valence-corrected chi connectivity index (χ1v) is 8.84. The molecule has 136 valence electrons. The van der Waals surface area contributed by atoms with Gasteiger partial charge in [0.15, 0.2) is 6.61 Å². The van der Waals surface area contributed by atoms with Gasteiger partial charge in [-0.1, -0.05) is 17.7 Å². The van der Waals surface area contributed by atoms with Gasteiger partial charge < -0.3 is 21.1 Å². The Morgan fingerprint density at radius 1 is 1.40 bits per heavy atom. The van der Waals surface area contributed by atoms with Gasteiger partial charge in [0.1, 0.15) is 5.75 Å². The van der Waals surface area contributed by atoms with E-state index in [1.807, 2.05) is 12.1 Å². The van der Waals surface area contributed by atoms with Crippen LogP contribution in [0.25, 0.3) is 0 Å². The topological polar surface area (TPSA) is 96.7 Å². The van der Waals surface area contributed by atoms with Crippen LogP contribution in [-0.2, 0) is 16.1 Å². The number of ether oxygens (including phenoxy) is 1. The smallest absolute Gasteiger partial charge is 0.255 e. The molecule has 2 amide bonds. The number of nitrogens with one attached hydrogen (secondary N) is 2. The highest BCUT2D eigenvalue weighted by molar-refractivity contribution is 6.32. The van der Waals surface area contributed by atoms with Crippen LogP contribution in [-0.4, -0.2) is 55.0 Å². The Balaban J connectivity index is 1.54. The number of hydrogen-bond acceptors (Lipinski definition) is 5. The van der Waals surface area contributed by atoms with E-state index >= 15 is 0 Å². The summed E-state index contributed by atoms with van der Waals surface area (Å²) in [6, 6.07) is 5.66. The van der Waals surface area contributed by atoms with E-state index in [1.54, 1.807) is 6.07 Å². The van der Waals surface area contributed by atoms with E-state index in [2.05, 4.69) is 15.5 Å². The van der Waals surface area contributed by atoms with Crippen molar-refractivity contribution in [1.29, 1.82) is 0 Å². The number of primary amides is 1. The van der Waals surface area contributed by atoms with Crippen LogP contribution in [0.1, 0.15) is 18.4 Å². The molecule has 1 aromatic rings. The van der Waals surface area contributed by atoms with E-state index in [0.29, 0.717) is 29.9 Å². The number of piperazine rings is 1. The molecule has 0 bridgehead atoms. The number of hydrogen-bond donors (Lipinski definition) is 3. The van der Waals surface area contributed by atoms with Crippen molar-refractivity contribution >= 4 is 23.4 Å². The van der Waals surface area contributed by atoms with Gasteiger partial charge in [0, 0.05) is 32.2 Å². The SMILES string of the molecule is NC(=O)COc1ccc(CN2CCN[C@H](C(=O)NC3CC3)C2)cc1Cl. The lowest BCUT2D eigenvalue weighted by molar-refractivity contribution is -0.124. The summed E-state index contributed by atoms with van der Waals surface area (Å²) < 4.78 is 5.25. The number of carbonyl (C=O) groups is 2. The molecule has 1 aliphatic heterocycles. The Labute approximate surface area is 151 Å². The first-order valence-electron chi connectivity index (χ1n) is 8.47. The van der Waals surface area contributed by atoms with Crippen molar-refractivity contribution in [3.63, 3.8) is 0 Å². The summed E-state index contributed by atoms with van der Waals surface area (Å²) >= 11 is 6.20. The molecule has 7 nitrogen and oxygen atoms in total. The molecule has 0 spiro atoms. The zero-order valence-electron chi connectivity index (χ0n) is 14.0. The quantitative estimate of drug-likeness (QED) is 0.643. The molecule has 25 heavy (non-hydrogen) atoms. The van der Waals surface area contributed by atoms with Gasteiger partial charge in [0.05, 0.1) is 11.1 Å². The molecule has 4 N–H and O–H groups in total. The Bertz CT molecular complexity index is 651. The van der Waals surface area contributed by atoms with Gasteiger partial charge in [0.25, 0.3) is 5.91 Å². The number of carbonyl (C=O) groups excluding carboxylic acids is 2. The lowest BCUT2D eigenvalue weighted by Gasteiger charge is -2.33. The largest absolute Gasteiger partial charge is 0.482 e. The molecule has 2 aliphatic rings. The molecular formula is C17H23ClN4O3. The van der Waals surface area contributed by atoms with E-state index in [9.17, 15) is 9.59 Å². The summed E-state index contributed by atoms with van der Waals surface area (Å²) in [7, 11) is 0. The van der Waals surface area contributed by atoms with Crippen molar-refractivity contribution in [2.24, 2.45) is 5.73 Å². The highest BCUT2D eigenvalue weighted by Gasteiger charge is 2.30. The Morgan fingerprint density at radius 2 is 2.20 bits per heavy atom. The molecular weight excluding hydrogens is 344 g/mol. The van der Waals surface area contributed by atoms with Crippen LogP contribution in [0.3, 0.4) is 0 Å². The normalized spacial score (nSPS) is 20.9. The summed E-state index contributed by atoms with van der Waals surface area (Å²) in [5, 5.41) is 6.76. The maximum absolute atomic E-state index is 12.2. The maximum atomic E-state index is 12.2. The number of benzene rings is 1. The number of amides is 2. The third-order valence-electron chi connectivity index (χ3n) is 4.27. The van der Waals surface area contributed by atoms with Crippen molar-refractivity contribution in [3.05, 3.63) is 28.8 Å². The third-order valence-corrected chi connectivity index (χ3v) is 4.57. The van der Waals surface area contributed by atoms with E-state index < -0.39 is 5.91 Å². The predicted molar refractivity (Wildman–Crippen MR) is 94.4 cm³/mol. The van der Waals surface area contributed by atoms with E-state index in [-0.39, 0.29) is 18.6 Å². The van der Waals surface area contributed by atoms with Gasteiger partial charge in [-0.2, -0.15) is 0 Å². The molecule has 0 aromatic heterocycles. The Kier molecular flexibility index (Phi) is 5.78. The molecule has 0 unspecified atom stereocenters. The molecule has 2 fully saturated rings. The van der Waals surface area contributed by atoms with Crippen molar-refractivity contribution in [1.82, 2.24) is 15.5 Å². The van der Waals surface area contributed by atoms with Crippen LogP contribution in [0.4, 0.5) is 0 Å². The summed E-state index contributed by atoms with van der Waals surface area (Å²) in [5.74, 6) is -0.0249. The summed E-state index contributed by atoms with van der Waals surface area (Å²) in [4.78, 5) is 25.2. The second-order valence-electron chi connectivity index (χ2n) is 6.54. The van der Waals surface area contributed by atoms with E-state index in [1.165, 1.54) is 0 Å². The highest BCUT2D eigenvalue weighted by atomic mass is 35.5. The van der Waals surface area contributed by atoms with Crippen LogP contribution in [0.15, 0.2) is 18.2 Å². The van der Waals surface area contributed by atoms with Gasteiger partial charge in [-0.3, -0.25) is 14.5 Å². The average Bonchev–Trinajstić information content (AvgIpc) is 3.38. The average molecular weight is 367 g/mol. The summed E-state index contributed by atoms with van der Waals surface area (Å²) in [6.45, 7) is 2.80. The van der Waals surface area contributed by atoms with Gasteiger partial charge in [0.2, 0.25) is 5.91 Å². The van der Waals surface area contributed by atoms with Crippen molar-refractivity contribution in [3.8, 4) is 5.75 Å². The minimum atomic E-state index is -0.545. The lowest BCUT2D eigenvalue weighted by Crippen LogP contribution is -2.57. The van der Waals surface area contributed by atoms with Crippen molar-refractivity contribution in [2.45, 2.75) is 31.5 Å². The van der Waals surface area contributed by atoms with Crippen molar-refractivity contribution < 1.29 is 14.3 Å². The second-order valence-corrected chi connectivity index (χ2v) is 6.95. The van der Waals surface area contributed by atoms with Gasteiger partial charge in [-0.05, 0) is 30.5 Å². The molecule has 0 radical (unpaired) electrons. The minimum Gasteiger partial charge on any atom is -0.482 e. The monoisotopic (exact) mass is 366 g/mol. The van der Waals surface area contributed by atoms with Crippen LogP contribution >= 0.6 is 11.6 Å². The van der Waals surface area contributed by atoms with E-state index in [4.69, 9.17) is 22.1 Å². The standard InChI is InChI=1S/C17H23ClN4O3/c18-13-7-11(1-4-15(13)25-10-16(19)23)8-22-6-5-20-14(9-22)17(24)21-12-2-3-12/h1,4,7,12,14,20H,2-3,5-6,8-10H2,(H2,19,23)(H,21,24)/t14-/m0/s1. The van der Waals surface area contributed by atoms with Crippen LogP contribution in [0.2, 0.25) is 5.02 Å². The fraction of sp³-hybridized carbons (Fsp3) is 0.529. The molecule has 1 heterocycles. The number of rotatable bonds is 7. The minimum absolute atomic E-state index is 0.0837. The lowest BCUT2D eigenvalue weighted by atomic mass is 10.1. The molecule has 3 rings (SSSR count). The molecule has 1 saturated carbocycles. The number of nitrogens with zero attached hydrogens (tertiary/aromatic N) is 1. The third kappa shape index (κ3) is 5.32. The zero-order valence-corrected chi connectivity index (χ0v) is 14.7. The van der Waals surface area contributed by atoms with E-state index in [0.717, 1.165) is 31.5 Å². The number of halogens is 1. The fourth-order valence-corrected chi connectivity index (χ4v) is 3.08. The molecule has 1 aromatic carbocycles. The Hall–Kier alpha value is -1.83. The van der Waals surface area contributed by atoms with Crippen LogP contribution in [0.5, 0.6) is 5.75 Å². The maximum Gasteiger partial charge on any atom is 0.255 e. The zero-order chi connectivity index (χ0) is 17.8. The first-order chi connectivity index (χ1) is 12.0. The molecule has 1 saturated heterocycles. The number of nitrogens with two attached hydrogens (primary N) is 1. The summed E-state index contributed by atoms with van der Waals surface area (Å²) in [6.07, 6.45) is 2.18. The fourth-order valence-electron chi connectivity index (χ4n) is 2.83. The molecule has 1 aliphatic carbocycles. The van der Waals surface area contributed by atoms with Gasteiger partial charge in [-0.25, -0.2) is 0 Å². The second kappa shape index (κ2) is 8.03. The highest BCUT2D eigenvalue weighted by Crippen LogP contribution is 2.26. The van der Waals surface area contributed by atoms with Gasteiger partial charge >= 0.3 is 0 Å². The van der Waals surface area contributed by atoms with Crippen LogP contribution in [0, 0.1) is 0 Å². The Morgan fingerprint density at radius 3 is 2.88 bits per heavy atom. The van der Waals surface area contributed by atoms with Gasteiger partial charge in [-0.15, -0.1) is 0 Å². The predicted octanol–water partition coefficient (Wildman–Crippen LogP) is 0.257. The molecule has 8 heteroatoms. The summed E-state index contributed by atoms with van der Waals surface area (Å²) in [5.41, 5.74) is 6.09. The van der Waals surface area contributed by atoms with Crippen LogP contribution < -0.4 is 21.1 Å². The van der Waals surface area contributed by atoms with Crippen molar-refractivity contribution in [2.75, 3.05) is 26.2 Å².